The minimum atomic E-state index is -1.40. The van der Waals surface area contributed by atoms with Crippen molar-refractivity contribution >= 4 is 14.4 Å². The summed E-state index contributed by atoms with van der Waals surface area (Å²) in [6.07, 6.45) is 0. The number of benzene rings is 3. The highest BCUT2D eigenvalue weighted by atomic mass is 31.1. The van der Waals surface area contributed by atoms with Crippen LogP contribution in [0.3, 0.4) is 0 Å². The van der Waals surface area contributed by atoms with E-state index in [4.69, 9.17) is 4.74 Å². The fraction of sp³-hybridized carbons (Fsp3) is 0.0500. The number of ether oxygens (including phenoxy) is 1. The number of rotatable bonds is 5. The van der Waals surface area contributed by atoms with Crippen LogP contribution in [0.4, 0.5) is 0 Å². The molecular formula is C20H15O3P. The first-order chi connectivity index (χ1) is 11.8. The van der Waals surface area contributed by atoms with Crippen molar-refractivity contribution in [2.45, 2.75) is 5.16 Å². The molecule has 0 radical (unpaired) electrons. The van der Waals surface area contributed by atoms with Crippen LogP contribution in [0.1, 0.15) is 11.1 Å². The fourth-order valence-electron chi connectivity index (χ4n) is 2.57. The summed E-state index contributed by atoms with van der Waals surface area (Å²) in [6.45, 7) is 0. The molecule has 0 amide bonds. The molecule has 3 aromatic rings. The second kappa shape index (κ2) is 7.20. The van der Waals surface area contributed by atoms with Crippen LogP contribution in [-0.4, -0.2) is 5.97 Å². The monoisotopic (exact) mass is 334 g/mol. The fourth-order valence-corrected chi connectivity index (χ4v) is 3.20. The van der Waals surface area contributed by atoms with Crippen molar-refractivity contribution in [2.24, 2.45) is 0 Å². The molecule has 0 spiro atoms. The average Bonchev–Trinajstić information content (AvgIpc) is 2.65. The maximum atomic E-state index is 13.0. The van der Waals surface area contributed by atoms with Gasteiger partial charge >= 0.3 is 5.97 Å². The van der Waals surface area contributed by atoms with Crippen LogP contribution >= 0.6 is 8.46 Å². The van der Waals surface area contributed by atoms with Gasteiger partial charge in [0.05, 0.1) is 0 Å². The molecule has 0 aromatic heterocycles. The summed E-state index contributed by atoms with van der Waals surface area (Å²) in [6, 6.07) is 26.9. The highest BCUT2D eigenvalue weighted by Crippen LogP contribution is 2.43. The van der Waals surface area contributed by atoms with Gasteiger partial charge in [-0.1, -0.05) is 78.9 Å². The van der Waals surface area contributed by atoms with Crippen molar-refractivity contribution in [3.05, 3.63) is 102 Å². The van der Waals surface area contributed by atoms with E-state index in [1.165, 1.54) is 0 Å². The van der Waals surface area contributed by atoms with Gasteiger partial charge in [0.2, 0.25) is 0 Å². The van der Waals surface area contributed by atoms with Gasteiger partial charge in [-0.25, -0.2) is 4.79 Å². The summed E-state index contributed by atoms with van der Waals surface area (Å²) >= 11 is 0. The normalized spacial score (nSPS) is 11.2. The molecule has 118 valence electrons. The Morgan fingerprint density at radius 3 is 1.54 bits per heavy atom. The Bertz CT molecular complexity index is 778. The van der Waals surface area contributed by atoms with E-state index in [1.807, 2.05) is 42.5 Å². The zero-order valence-corrected chi connectivity index (χ0v) is 13.7. The minimum Gasteiger partial charge on any atom is -0.425 e. The first-order valence-corrected chi connectivity index (χ1v) is 8.31. The molecule has 0 fully saturated rings. The molecule has 0 bridgehead atoms. The number of carbonyl (C=O) groups excluding carboxylic acids is 1. The predicted octanol–water partition coefficient (Wildman–Crippen LogP) is 4.83. The van der Waals surface area contributed by atoms with Crippen LogP contribution in [0, 0.1) is 0 Å². The smallest absolute Gasteiger partial charge is 0.338 e. The summed E-state index contributed by atoms with van der Waals surface area (Å²) in [5, 5.41) is -1.40. The molecule has 3 nitrogen and oxygen atoms in total. The summed E-state index contributed by atoms with van der Waals surface area (Å²) in [5.41, 5.74) is 1.24. The molecule has 0 saturated carbocycles. The van der Waals surface area contributed by atoms with E-state index in [9.17, 15) is 9.36 Å². The zero-order valence-electron chi connectivity index (χ0n) is 12.8. The lowest BCUT2D eigenvalue weighted by molar-refractivity contribution is -0.136. The molecule has 24 heavy (non-hydrogen) atoms. The van der Waals surface area contributed by atoms with Crippen LogP contribution in [0.25, 0.3) is 0 Å². The number of carbonyl (C=O) groups is 1. The molecule has 0 aliphatic heterocycles. The van der Waals surface area contributed by atoms with Crippen LogP contribution in [0.15, 0.2) is 91.0 Å². The molecule has 0 atom stereocenters. The van der Waals surface area contributed by atoms with Gasteiger partial charge in [-0.3, -0.25) is 4.57 Å². The Kier molecular flexibility index (Phi) is 4.83. The molecule has 0 N–H and O–H groups in total. The number of hydrogen-bond donors (Lipinski definition) is 0. The van der Waals surface area contributed by atoms with Crippen LogP contribution in [0.2, 0.25) is 0 Å². The molecule has 0 aliphatic rings. The second-order valence-corrected chi connectivity index (χ2v) is 6.09. The highest BCUT2D eigenvalue weighted by Gasteiger charge is 2.45. The molecule has 4 heteroatoms. The van der Waals surface area contributed by atoms with E-state index in [1.54, 1.807) is 48.5 Å². The number of hydrogen-bond acceptors (Lipinski definition) is 3. The SMILES string of the molecule is O=PC(C(=O)Oc1ccccc1)(c1ccccc1)c1ccccc1. The van der Waals surface area contributed by atoms with Gasteiger partial charge in [-0.2, -0.15) is 0 Å². The lowest BCUT2D eigenvalue weighted by atomic mass is 9.90. The predicted molar refractivity (Wildman–Crippen MR) is 93.3 cm³/mol. The van der Waals surface area contributed by atoms with Gasteiger partial charge in [-0.05, 0) is 23.3 Å². The molecule has 0 aliphatic carbocycles. The molecule has 0 unspecified atom stereocenters. The quantitative estimate of drug-likeness (QED) is 0.381. The Morgan fingerprint density at radius 1 is 0.708 bits per heavy atom. The van der Waals surface area contributed by atoms with Gasteiger partial charge in [-0.15, -0.1) is 0 Å². The Labute approximate surface area is 142 Å². The maximum Gasteiger partial charge on any atom is 0.338 e. The Hall–Kier alpha value is -2.77. The minimum absolute atomic E-state index is 0.346. The zero-order chi connectivity index (χ0) is 16.8. The Balaban J connectivity index is 2.11. The summed E-state index contributed by atoms with van der Waals surface area (Å²) < 4.78 is 17.8. The van der Waals surface area contributed by atoms with Crippen LogP contribution < -0.4 is 4.74 Å². The lowest BCUT2D eigenvalue weighted by Gasteiger charge is -2.25. The first-order valence-electron chi connectivity index (χ1n) is 7.50. The van der Waals surface area contributed by atoms with Crippen molar-refractivity contribution in [1.82, 2.24) is 0 Å². The van der Waals surface area contributed by atoms with Gasteiger partial charge in [0.15, 0.2) is 13.6 Å². The van der Waals surface area contributed by atoms with Gasteiger partial charge in [0, 0.05) is 0 Å². The van der Waals surface area contributed by atoms with Crippen molar-refractivity contribution in [3.63, 3.8) is 0 Å². The van der Waals surface area contributed by atoms with Gasteiger partial charge in [0.25, 0.3) is 0 Å². The topological polar surface area (TPSA) is 43.4 Å². The van der Waals surface area contributed by atoms with Gasteiger partial charge < -0.3 is 4.74 Å². The number of para-hydroxylation sites is 1. The van der Waals surface area contributed by atoms with Crippen LogP contribution in [0.5, 0.6) is 5.75 Å². The maximum absolute atomic E-state index is 13.0. The molecule has 0 heterocycles. The number of esters is 1. The molecule has 3 aromatic carbocycles. The van der Waals surface area contributed by atoms with Crippen LogP contribution in [-0.2, 0) is 14.5 Å². The molecular weight excluding hydrogens is 319 g/mol. The summed E-state index contributed by atoms with van der Waals surface area (Å²) in [5.74, 6) is -0.162. The summed E-state index contributed by atoms with van der Waals surface area (Å²) in [4.78, 5) is 13.0. The van der Waals surface area contributed by atoms with E-state index in [2.05, 4.69) is 0 Å². The van der Waals surface area contributed by atoms with Crippen molar-refractivity contribution in [2.75, 3.05) is 0 Å². The van der Waals surface area contributed by atoms with Crippen molar-refractivity contribution in [3.8, 4) is 5.75 Å². The molecule has 0 saturated heterocycles. The average molecular weight is 334 g/mol. The third-order valence-electron chi connectivity index (χ3n) is 3.77. The lowest BCUT2D eigenvalue weighted by Crippen LogP contribution is -2.35. The second-order valence-electron chi connectivity index (χ2n) is 5.24. The standard InChI is InChI=1S/C20H15O3P/c21-19(23-18-14-8-3-9-15-18)20(24-22,16-10-4-1-5-11-16)17-12-6-2-7-13-17/h1-15H. The van der Waals surface area contributed by atoms with E-state index in [0.29, 0.717) is 16.9 Å². The molecule has 3 rings (SSSR count). The van der Waals surface area contributed by atoms with E-state index in [0.717, 1.165) is 0 Å². The van der Waals surface area contributed by atoms with E-state index < -0.39 is 11.1 Å². The van der Waals surface area contributed by atoms with E-state index in [-0.39, 0.29) is 8.46 Å². The van der Waals surface area contributed by atoms with Crippen molar-refractivity contribution in [1.29, 1.82) is 0 Å². The third-order valence-corrected chi connectivity index (χ3v) is 4.74. The van der Waals surface area contributed by atoms with E-state index >= 15 is 0 Å². The highest BCUT2D eigenvalue weighted by molar-refractivity contribution is 7.27. The van der Waals surface area contributed by atoms with Gasteiger partial charge in [0.1, 0.15) is 5.75 Å². The largest absolute Gasteiger partial charge is 0.425 e. The Morgan fingerprint density at radius 2 is 1.12 bits per heavy atom. The summed E-state index contributed by atoms with van der Waals surface area (Å²) in [7, 11) is -0.346. The van der Waals surface area contributed by atoms with Crippen molar-refractivity contribution < 1.29 is 14.1 Å². The first kappa shape index (κ1) is 16.1. The third kappa shape index (κ3) is 2.99.